The number of hydrogen-bond acceptors (Lipinski definition) is 1. The van der Waals surface area contributed by atoms with Gasteiger partial charge < -0.3 is 4.74 Å². The summed E-state index contributed by atoms with van der Waals surface area (Å²) in [5.74, 6) is 1.05. The zero-order valence-corrected chi connectivity index (χ0v) is 9.01. The molecule has 1 nitrogen and oxygen atoms in total. The molecule has 2 saturated carbocycles. The van der Waals surface area contributed by atoms with Gasteiger partial charge in [0.15, 0.2) is 0 Å². The van der Waals surface area contributed by atoms with Crippen molar-refractivity contribution in [3.63, 3.8) is 0 Å². The molecule has 0 unspecified atom stereocenters. The number of methoxy groups -OCH3 is 1. The first kappa shape index (κ1) is 9.51. The fourth-order valence-corrected chi connectivity index (χ4v) is 3.30. The maximum atomic E-state index is 5.41. The molecule has 13 heavy (non-hydrogen) atoms. The van der Waals surface area contributed by atoms with Crippen LogP contribution in [-0.4, -0.2) is 13.2 Å². The van der Waals surface area contributed by atoms with Crippen molar-refractivity contribution in [3.05, 3.63) is 0 Å². The van der Waals surface area contributed by atoms with E-state index in [9.17, 15) is 0 Å². The predicted molar refractivity (Wildman–Crippen MR) is 54.7 cm³/mol. The van der Waals surface area contributed by atoms with Gasteiger partial charge in [0, 0.05) is 7.11 Å². The summed E-state index contributed by atoms with van der Waals surface area (Å²) in [4.78, 5) is 0. The number of rotatable bonds is 2. The molecule has 0 amide bonds. The first-order valence-corrected chi connectivity index (χ1v) is 5.81. The van der Waals surface area contributed by atoms with Crippen LogP contribution >= 0.6 is 0 Å². The summed E-state index contributed by atoms with van der Waals surface area (Å²) in [5, 5.41) is 0. The summed E-state index contributed by atoms with van der Waals surface area (Å²) in [6, 6.07) is 0. The van der Waals surface area contributed by atoms with Gasteiger partial charge in [0.2, 0.25) is 0 Å². The molecular weight excluding hydrogens is 160 g/mol. The molecule has 76 valence electrons. The third kappa shape index (κ3) is 1.76. The fourth-order valence-electron chi connectivity index (χ4n) is 3.30. The maximum absolute atomic E-state index is 5.41. The van der Waals surface area contributed by atoms with E-state index < -0.39 is 0 Å². The topological polar surface area (TPSA) is 9.23 Å². The Labute approximate surface area is 81.9 Å². The van der Waals surface area contributed by atoms with Crippen molar-refractivity contribution in [2.45, 2.75) is 58.0 Å². The minimum atomic E-state index is 0.575. The van der Waals surface area contributed by atoms with Crippen molar-refractivity contribution >= 4 is 0 Å². The Kier molecular flexibility index (Phi) is 2.64. The van der Waals surface area contributed by atoms with Gasteiger partial charge in [-0.25, -0.2) is 0 Å². The highest BCUT2D eigenvalue weighted by Crippen LogP contribution is 2.55. The van der Waals surface area contributed by atoms with Gasteiger partial charge in [-0.1, -0.05) is 13.3 Å². The second-order valence-corrected chi connectivity index (χ2v) is 5.12. The first-order valence-electron chi connectivity index (χ1n) is 5.81. The highest BCUT2D eigenvalue weighted by Gasteiger charge is 2.44. The average molecular weight is 182 g/mol. The Hall–Kier alpha value is -0.0400. The van der Waals surface area contributed by atoms with Crippen molar-refractivity contribution < 1.29 is 4.74 Å². The molecule has 0 heterocycles. The smallest absolute Gasteiger partial charge is 0.0571 e. The van der Waals surface area contributed by atoms with Crippen LogP contribution in [0.1, 0.15) is 51.9 Å². The zero-order valence-electron chi connectivity index (χ0n) is 9.01. The van der Waals surface area contributed by atoms with Gasteiger partial charge in [-0.05, 0) is 49.9 Å². The van der Waals surface area contributed by atoms with E-state index in [4.69, 9.17) is 4.74 Å². The molecule has 0 atom stereocenters. The highest BCUT2D eigenvalue weighted by atomic mass is 16.5. The van der Waals surface area contributed by atoms with Crippen molar-refractivity contribution in [1.82, 2.24) is 0 Å². The number of hydrogen-bond donors (Lipinski definition) is 0. The Balaban J connectivity index is 1.79. The Morgan fingerprint density at radius 3 is 2.31 bits per heavy atom. The second-order valence-electron chi connectivity index (χ2n) is 5.12. The van der Waals surface area contributed by atoms with Gasteiger partial charge in [-0.15, -0.1) is 0 Å². The van der Waals surface area contributed by atoms with Crippen LogP contribution in [0.2, 0.25) is 0 Å². The summed E-state index contributed by atoms with van der Waals surface area (Å²) in [6.07, 6.45) is 10.5. The molecule has 0 aromatic rings. The van der Waals surface area contributed by atoms with Gasteiger partial charge in [-0.2, -0.15) is 0 Å². The van der Waals surface area contributed by atoms with E-state index in [0.29, 0.717) is 6.10 Å². The fraction of sp³-hybridized carbons (Fsp3) is 1.00. The lowest BCUT2D eigenvalue weighted by Crippen LogP contribution is -2.41. The van der Waals surface area contributed by atoms with Gasteiger partial charge >= 0.3 is 0 Å². The molecular formula is C12H22O. The van der Waals surface area contributed by atoms with E-state index in [1.807, 2.05) is 7.11 Å². The zero-order chi connectivity index (χ0) is 9.31. The third-order valence-electron chi connectivity index (χ3n) is 4.35. The monoisotopic (exact) mass is 182 g/mol. The third-order valence-corrected chi connectivity index (χ3v) is 4.35. The highest BCUT2D eigenvalue weighted by molar-refractivity contribution is 4.96. The van der Waals surface area contributed by atoms with Crippen LogP contribution in [0.5, 0.6) is 0 Å². The van der Waals surface area contributed by atoms with Gasteiger partial charge in [0.05, 0.1) is 6.10 Å². The summed E-state index contributed by atoms with van der Waals surface area (Å²) in [6.45, 7) is 2.33. The van der Waals surface area contributed by atoms with Crippen LogP contribution in [0.4, 0.5) is 0 Å². The molecule has 2 fully saturated rings. The molecule has 2 aliphatic carbocycles. The molecule has 0 radical (unpaired) electrons. The molecule has 0 saturated heterocycles. The first-order chi connectivity index (χ1) is 6.28. The summed E-state index contributed by atoms with van der Waals surface area (Å²) < 4.78 is 5.41. The summed E-state index contributed by atoms with van der Waals surface area (Å²) in [5.41, 5.74) is 0.774. The Morgan fingerprint density at radius 1 is 1.23 bits per heavy atom. The van der Waals surface area contributed by atoms with E-state index in [0.717, 1.165) is 11.3 Å². The normalized spacial score (nSPS) is 44.8. The van der Waals surface area contributed by atoms with Crippen LogP contribution in [-0.2, 0) is 4.74 Å². The minimum Gasteiger partial charge on any atom is -0.381 e. The van der Waals surface area contributed by atoms with Crippen LogP contribution in [0, 0.1) is 11.3 Å². The summed E-state index contributed by atoms with van der Waals surface area (Å²) in [7, 11) is 1.86. The predicted octanol–water partition coefficient (Wildman–Crippen LogP) is 3.38. The van der Waals surface area contributed by atoms with E-state index in [1.165, 1.54) is 44.9 Å². The van der Waals surface area contributed by atoms with E-state index in [-0.39, 0.29) is 0 Å². The lowest BCUT2D eigenvalue weighted by molar-refractivity contribution is -0.0386. The summed E-state index contributed by atoms with van der Waals surface area (Å²) >= 11 is 0. The molecule has 0 N–H and O–H groups in total. The molecule has 0 bridgehead atoms. The van der Waals surface area contributed by atoms with Crippen LogP contribution < -0.4 is 0 Å². The molecule has 0 aromatic heterocycles. The van der Waals surface area contributed by atoms with Gasteiger partial charge in [0.25, 0.3) is 0 Å². The van der Waals surface area contributed by atoms with E-state index in [1.54, 1.807) is 0 Å². The Bertz CT molecular complexity index is 160. The molecule has 0 aliphatic heterocycles. The number of ether oxygens (including phenoxy) is 1. The maximum Gasteiger partial charge on any atom is 0.0571 e. The quantitative estimate of drug-likeness (QED) is 0.636. The molecule has 1 heteroatoms. The second kappa shape index (κ2) is 3.61. The van der Waals surface area contributed by atoms with Crippen LogP contribution in [0.25, 0.3) is 0 Å². The van der Waals surface area contributed by atoms with Crippen molar-refractivity contribution in [3.8, 4) is 0 Å². The molecule has 2 aliphatic rings. The lowest BCUT2D eigenvalue weighted by Gasteiger charge is -2.51. The molecule has 1 spiro atoms. The largest absolute Gasteiger partial charge is 0.381 e. The molecule has 2 rings (SSSR count). The van der Waals surface area contributed by atoms with Crippen molar-refractivity contribution in [2.24, 2.45) is 11.3 Å². The van der Waals surface area contributed by atoms with Crippen molar-refractivity contribution in [1.29, 1.82) is 0 Å². The SMILES string of the molecule is CCC1CC2(CCC(OC)CC2)C1. The van der Waals surface area contributed by atoms with Crippen LogP contribution in [0.3, 0.4) is 0 Å². The minimum absolute atomic E-state index is 0.575. The van der Waals surface area contributed by atoms with Gasteiger partial charge in [0.1, 0.15) is 0 Å². The van der Waals surface area contributed by atoms with Gasteiger partial charge in [-0.3, -0.25) is 0 Å². The standard InChI is InChI=1S/C12H22O/c1-3-10-8-12(9-10)6-4-11(13-2)5-7-12/h10-11H,3-9H2,1-2H3. The average Bonchev–Trinajstić information content (AvgIpc) is 2.14. The Morgan fingerprint density at radius 2 is 1.85 bits per heavy atom. The van der Waals surface area contributed by atoms with E-state index >= 15 is 0 Å². The van der Waals surface area contributed by atoms with Crippen molar-refractivity contribution in [2.75, 3.05) is 7.11 Å². The van der Waals surface area contributed by atoms with E-state index in [2.05, 4.69) is 6.92 Å². The lowest BCUT2D eigenvalue weighted by atomic mass is 9.55. The molecule has 0 aromatic carbocycles. The van der Waals surface area contributed by atoms with Crippen LogP contribution in [0.15, 0.2) is 0 Å².